The summed E-state index contributed by atoms with van der Waals surface area (Å²) in [5.74, 6) is 5.76. The monoisotopic (exact) mass is 1610 g/mol. The van der Waals surface area contributed by atoms with E-state index in [-0.39, 0.29) is 78.7 Å². The Hall–Kier alpha value is 0.750. The van der Waals surface area contributed by atoms with Gasteiger partial charge in [-0.3, -0.25) is 0 Å². The smallest absolute Gasteiger partial charge is 0.192 e. The number of hydrogen-bond acceptors (Lipinski definition) is 30. The molecule has 10 heterocycles. The molecule has 0 radical (unpaired) electrons. The fourth-order valence-electron chi connectivity index (χ4n) is 15.5. The summed E-state index contributed by atoms with van der Waals surface area (Å²) in [4.78, 5) is 0. The third-order valence-corrected chi connectivity index (χ3v) is 27.6. The maximum Gasteiger partial charge on any atom is 0.192 e. The van der Waals surface area contributed by atoms with E-state index in [0.29, 0.717) is 69.8 Å². The zero-order valence-electron chi connectivity index (χ0n) is 64.3. The third kappa shape index (κ3) is 33.4. The molecule has 0 aromatic carbocycles. The van der Waals surface area contributed by atoms with Crippen molar-refractivity contribution in [3.63, 3.8) is 0 Å². The van der Waals surface area contributed by atoms with Crippen LogP contribution in [-0.4, -0.2) is 296 Å². The van der Waals surface area contributed by atoms with E-state index in [1.807, 2.05) is 6.92 Å². The highest BCUT2D eigenvalue weighted by Gasteiger charge is 2.52. The summed E-state index contributed by atoms with van der Waals surface area (Å²) in [7, 11) is 0. The number of hydrogen-bond donors (Lipinski definition) is 10. The minimum absolute atomic E-state index is 0.0596. The van der Waals surface area contributed by atoms with Crippen molar-refractivity contribution in [2.24, 2.45) is 11.3 Å². The molecule has 30 heteroatoms. The van der Waals surface area contributed by atoms with Crippen LogP contribution < -0.4 is 0 Å². The molecule has 17 fully saturated rings. The molecule has 622 valence electrons. The summed E-state index contributed by atoms with van der Waals surface area (Å²) in [5, 5.41) is 94.1. The molecule has 25 nitrogen and oxygen atoms in total. The van der Waals surface area contributed by atoms with Crippen LogP contribution in [0.15, 0.2) is 0 Å². The molecule has 10 saturated heterocycles. The molecule has 106 heavy (non-hydrogen) atoms. The Morgan fingerprint density at radius 2 is 0.792 bits per heavy atom. The van der Waals surface area contributed by atoms with Crippen molar-refractivity contribution in [2.45, 2.75) is 361 Å². The van der Waals surface area contributed by atoms with Crippen molar-refractivity contribution >= 4 is 58.8 Å². The van der Waals surface area contributed by atoms with Gasteiger partial charge in [-0.15, -0.1) is 0 Å². The van der Waals surface area contributed by atoms with Gasteiger partial charge in [0.05, 0.1) is 108 Å². The Bertz CT molecular complexity index is 2250. The Morgan fingerprint density at radius 3 is 1.42 bits per heavy atom. The van der Waals surface area contributed by atoms with Crippen LogP contribution in [0.25, 0.3) is 0 Å². The van der Waals surface area contributed by atoms with Gasteiger partial charge in [0.1, 0.15) is 18.3 Å². The van der Waals surface area contributed by atoms with Gasteiger partial charge in [-0.1, -0.05) is 72.6 Å². The fraction of sp³-hybridized carbons (Fsp3) is 1.00. The number of thioether (sulfide) groups is 5. The maximum absolute atomic E-state index is 10.4. The third-order valence-electron chi connectivity index (χ3n) is 21.4. The fourth-order valence-corrected chi connectivity index (χ4v) is 20.0. The van der Waals surface area contributed by atoms with E-state index >= 15 is 0 Å². The van der Waals surface area contributed by atoms with Crippen molar-refractivity contribution in [3.05, 3.63) is 0 Å². The maximum atomic E-state index is 10.4. The molecule has 0 aromatic heterocycles. The van der Waals surface area contributed by atoms with E-state index in [2.05, 4.69) is 27.7 Å². The molecule has 0 bridgehead atoms. The predicted octanol–water partition coefficient (Wildman–Crippen LogP) is 9.11. The summed E-state index contributed by atoms with van der Waals surface area (Å²) < 4.78 is 81.0. The Labute approximate surface area is 653 Å². The van der Waals surface area contributed by atoms with Gasteiger partial charge in [-0.25, -0.2) is 0 Å². The molecule has 0 aromatic rings. The second kappa shape index (κ2) is 49.1. The van der Waals surface area contributed by atoms with Crippen molar-refractivity contribution in [2.75, 3.05) is 105 Å². The SMILES string of the molecule is CC1(C)COC(O)CSC1.CC1CCOC(O)CS1.CC1CCSCC(O)O1.CC1COC(O)CSC1.OC12CCCCC1OC1CCCC1O2.OC12CCCCC1OC1CCCCC1O2.OC12CCCCC1OCCO2.OC1COC2CCCC2O1.OC1COC2CCCCC2O1.OC1CSCCCO1. The van der Waals surface area contributed by atoms with Crippen LogP contribution >= 0.6 is 58.8 Å². The Balaban J connectivity index is 0.000000150. The second-order valence-corrected chi connectivity index (χ2v) is 37.6. The van der Waals surface area contributed by atoms with Gasteiger partial charge in [-0.2, -0.15) is 58.8 Å². The zero-order chi connectivity index (χ0) is 75.8. The summed E-state index contributed by atoms with van der Waals surface area (Å²) in [6, 6.07) is 0. The lowest BCUT2D eigenvalue weighted by molar-refractivity contribution is -0.364. The normalized spacial score (nSPS) is 43.1. The number of aliphatic hydroxyl groups is 10. The molecule has 24 atom stereocenters. The second-order valence-electron chi connectivity index (χ2n) is 31.7. The van der Waals surface area contributed by atoms with Crippen LogP contribution in [0.1, 0.15) is 221 Å². The predicted molar refractivity (Wildman–Crippen MR) is 411 cm³/mol. The lowest BCUT2D eigenvalue weighted by atomic mass is 9.86. The van der Waals surface area contributed by atoms with Gasteiger partial charge in [0.15, 0.2) is 61.4 Å². The van der Waals surface area contributed by atoms with Crippen LogP contribution in [0, 0.1) is 11.3 Å². The van der Waals surface area contributed by atoms with E-state index in [9.17, 15) is 15.3 Å². The topological polar surface area (TPSA) is 341 Å². The number of rotatable bonds is 0. The van der Waals surface area contributed by atoms with Crippen molar-refractivity contribution in [3.8, 4) is 0 Å². The molecule has 10 aliphatic heterocycles. The highest BCUT2D eigenvalue weighted by atomic mass is 32.2. The van der Waals surface area contributed by atoms with E-state index in [1.165, 1.54) is 38.5 Å². The molecule has 24 unspecified atom stereocenters. The Kier molecular flexibility index (Phi) is 42.7. The van der Waals surface area contributed by atoms with Gasteiger partial charge in [0.2, 0.25) is 0 Å². The first kappa shape index (κ1) is 92.3. The summed E-state index contributed by atoms with van der Waals surface area (Å²) >= 11 is 8.79. The number of fused-ring (bicyclic) bond motifs is 7. The first-order valence-corrected chi connectivity index (χ1v) is 46.1. The highest BCUT2D eigenvalue weighted by Crippen LogP contribution is 2.44. The minimum Gasteiger partial charge on any atom is -0.370 e. The van der Waals surface area contributed by atoms with Crippen LogP contribution in [-0.2, 0) is 71.1 Å². The zero-order valence-corrected chi connectivity index (χ0v) is 68.4. The van der Waals surface area contributed by atoms with Gasteiger partial charge in [-0.05, 0) is 158 Å². The lowest BCUT2D eigenvalue weighted by Gasteiger charge is -2.50. The largest absolute Gasteiger partial charge is 0.370 e. The molecule has 0 amide bonds. The molecule has 7 saturated carbocycles. The molecular weight excluding hydrogens is 1470 g/mol. The standard InChI is InChI=1S/C12H20O3.C11H18O3.2C8H14O3.C7H12O3.C7H14O2S.3C6H12O2S.C5H10O2S/c13-12-8-4-3-7-11(12)14-9-5-1-2-6-10(9)15-12;12-11-7-2-1-6-10(11)13-8-4-3-5-9(8)14-11;9-8-4-2-1-3-7(8)10-5-6-11-8;9-8-5-10-6-3-1-2-4-7(6)11-8;8-7-4-9-5-2-1-3-6(5)10-7;1-7(2)4-9-6(8)3-10-5-7;1-5-2-8-6(7)4-9-3-5;1-5-2-3-9-4-6(7)8-5;1-5-2-3-8-6(7)4-9-5;6-5-4-8-3-1-2-7-5/h9-11,13H,1-8H2;8-10,12H,1-7H2;7,9H,1-6H2;6-9H,1-5H2;5-8H,1-4H2;6,8H,3-5H2,1-2H3;3*5-7H,2-4H2,1H3;5-6H,1-4H2. The summed E-state index contributed by atoms with van der Waals surface area (Å²) in [6.45, 7) is 15.2. The van der Waals surface area contributed by atoms with E-state index < -0.39 is 61.4 Å². The van der Waals surface area contributed by atoms with Crippen molar-refractivity contribution in [1.82, 2.24) is 0 Å². The van der Waals surface area contributed by atoms with E-state index in [0.717, 1.165) is 194 Å². The van der Waals surface area contributed by atoms with Crippen LogP contribution in [0.2, 0.25) is 0 Å². The van der Waals surface area contributed by atoms with Gasteiger partial charge < -0.3 is 122 Å². The van der Waals surface area contributed by atoms with E-state index in [1.54, 1.807) is 58.8 Å². The lowest BCUT2D eigenvalue weighted by Crippen LogP contribution is -2.59. The Morgan fingerprint density at radius 1 is 0.321 bits per heavy atom. The first-order chi connectivity index (χ1) is 50.9. The average molecular weight is 1610 g/mol. The molecule has 10 N–H and O–H groups in total. The van der Waals surface area contributed by atoms with Gasteiger partial charge in [0.25, 0.3) is 0 Å². The number of aliphatic hydroxyl groups excluding tert-OH is 7. The van der Waals surface area contributed by atoms with Crippen molar-refractivity contribution in [1.29, 1.82) is 0 Å². The van der Waals surface area contributed by atoms with E-state index in [4.69, 9.17) is 107 Å². The summed E-state index contributed by atoms with van der Waals surface area (Å²) in [6.07, 6.45) is 28.5. The van der Waals surface area contributed by atoms with Gasteiger partial charge >= 0.3 is 0 Å². The highest BCUT2D eigenvalue weighted by molar-refractivity contribution is 8.00. The summed E-state index contributed by atoms with van der Waals surface area (Å²) in [5.41, 5.74) is 0.224. The molecule has 17 rings (SSSR count). The van der Waals surface area contributed by atoms with Crippen LogP contribution in [0.3, 0.4) is 0 Å². The molecule has 17 aliphatic rings. The molecular formula is C76H138O25S5. The molecule has 7 aliphatic carbocycles. The quantitative estimate of drug-likeness (QED) is 0.108. The average Bonchev–Trinajstić information content (AvgIpc) is 0.796. The first-order valence-electron chi connectivity index (χ1n) is 40.4. The molecule has 0 spiro atoms. The van der Waals surface area contributed by atoms with Crippen LogP contribution in [0.5, 0.6) is 0 Å². The van der Waals surface area contributed by atoms with Crippen molar-refractivity contribution < 1.29 is 122 Å². The number of ether oxygens (including phenoxy) is 15. The van der Waals surface area contributed by atoms with Crippen LogP contribution in [0.4, 0.5) is 0 Å². The van der Waals surface area contributed by atoms with Gasteiger partial charge in [0, 0.05) is 59.0 Å². The minimum atomic E-state index is -0.962.